The lowest BCUT2D eigenvalue weighted by molar-refractivity contribution is -0.134. The molecule has 11 heavy (non-hydrogen) atoms. The average molecular weight is 149 g/mol. The van der Waals surface area contributed by atoms with Crippen LogP contribution in [0.3, 0.4) is 0 Å². The van der Waals surface area contributed by atoms with Gasteiger partial charge in [0, 0.05) is 6.20 Å². The highest BCUT2D eigenvalue weighted by molar-refractivity contribution is 6.40. The highest BCUT2D eigenvalue weighted by Crippen LogP contribution is 1.85. The number of carbonyl (C=O) groups is 2. The minimum Gasteiger partial charge on any atom is -0.326 e. The number of carbonyl (C=O) groups excluding carboxylic acids is 2. The quantitative estimate of drug-likeness (QED) is 0.504. The molecule has 1 rings (SSSR count). The number of ketones is 1. The predicted octanol–water partition coefficient (Wildman–Crippen LogP) is 0.311. The molecule has 0 aromatic rings. The van der Waals surface area contributed by atoms with Crippen LogP contribution < -0.4 is 5.32 Å². The first-order valence-electron chi connectivity index (χ1n) is 3.15. The molecule has 0 unspecified atom stereocenters. The Morgan fingerprint density at radius 2 is 1.73 bits per heavy atom. The minimum atomic E-state index is -0.610. The van der Waals surface area contributed by atoms with E-state index >= 15 is 0 Å². The third-order valence-corrected chi connectivity index (χ3v) is 1.12. The summed E-state index contributed by atoms with van der Waals surface area (Å²) >= 11 is 0. The standard InChI is InChI=1S/C8H7NO2/c10-7-5-3-1-2-4-6-9-8(7)11/h1-6H,(H,9,11). The Morgan fingerprint density at radius 3 is 2.55 bits per heavy atom. The van der Waals surface area contributed by atoms with Gasteiger partial charge in [0.15, 0.2) is 0 Å². The monoisotopic (exact) mass is 149 g/mol. The van der Waals surface area contributed by atoms with E-state index in [1.807, 2.05) is 0 Å². The maximum Gasteiger partial charge on any atom is 0.295 e. The maximum atomic E-state index is 10.8. The molecule has 1 aliphatic rings. The molecular formula is C8H7NO2. The number of allylic oxidation sites excluding steroid dienone is 4. The van der Waals surface area contributed by atoms with Crippen molar-refractivity contribution in [1.29, 1.82) is 0 Å². The van der Waals surface area contributed by atoms with Crippen molar-refractivity contribution in [1.82, 2.24) is 5.32 Å². The molecule has 0 aromatic heterocycles. The summed E-state index contributed by atoms with van der Waals surface area (Å²) in [4.78, 5) is 21.5. The molecule has 1 amide bonds. The van der Waals surface area contributed by atoms with Gasteiger partial charge in [0.2, 0.25) is 5.78 Å². The molecule has 0 saturated heterocycles. The Morgan fingerprint density at radius 1 is 1.00 bits per heavy atom. The Hall–Kier alpha value is -1.64. The summed E-state index contributed by atoms with van der Waals surface area (Å²) in [5.74, 6) is -1.15. The van der Waals surface area contributed by atoms with E-state index in [4.69, 9.17) is 0 Å². The molecular weight excluding hydrogens is 142 g/mol. The number of amides is 1. The SMILES string of the molecule is O=C1C=CC=CC=CNC1=O. The molecule has 1 heterocycles. The Labute approximate surface area is 64.1 Å². The molecule has 3 heteroatoms. The molecule has 0 aromatic carbocycles. The second-order valence-electron chi connectivity index (χ2n) is 1.94. The molecule has 0 spiro atoms. The summed E-state index contributed by atoms with van der Waals surface area (Å²) in [5.41, 5.74) is 0. The molecule has 3 nitrogen and oxygen atoms in total. The van der Waals surface area contributed by atoms with Crippen molar-refractivity contribution in [2.45, 2.75) is 0 Å². The summed E-state index contributed by atoms with van der Waals surface area (Å²) in [6.07, 6.45) is 9.20. The topological polar surface area (TPSA) is 46.2 Å². The minimum absolute atomic E-state index is 0.541. The van der Waals surface area contributed by atoms with Crippen molar-refractivity contribution in [3.63, 3.8) is 0 Å². The zero-order chi connectivity index (χ0) is 8.10. The van der Waals surface area contributed by atoms with Gasteiger partial charge in [0.25, 0.3) is 5.91 Å². The highest BCUT2D eigenvalue weighted by Gasteiger charge is 2.06. The number of nitrogens with one attached hydrogen (secondary N) is 1. The van der Waals surface area contributed by atoms with Gasteiger partial charge in [0.05, 0.1) is 0 Å². The Kier molecular flexibility index (Phi) is 2.38. The summed E-state index contributed by atoms with van der Waals surface area (Å²) in [6.45, 7) is 0. The fraction of sp³-hybridized carbons (Fsp3) is 0. The molecule has 0 fully saturated rings. The van der Waals surface area contributed by atoms with Gasteiger partial charge in [-0.05, 0) is 12.2 Å². The zero-order valence-corrected chi connectivity index (χ0v) is 5.78. The third-order valence-electron chi connectivity index (χ3n) is 1.12. The van der Waals surface area contributed by atoms with Crippen LogP contribution >= 0.6 is 0 Å². The van der Waals surface area contributed by atoms with E-state index < -0.39 is 11.7 Å². The van der Waals surface area contributed by atoms with Crippen molar-refractivity contribution in [2.24, 2.45) is 0 Å². The van der Waals surface area contributed by atoms with Crippen LogP contribution in [0.1, 0.15) is 0 Å². The van der Waals surface area contributed by atoms with Crippen molar-refractivity contribution >= 4 is 11.7 Å². The van der Waals surface area contributed by atoms with Crippen molar-refractivity contribution < 1.29 is 9.59 Å². The number of rotatable bonds is 0. The molecule has 0 atom stereocenters. The van der Waals surface area contributed by atoms with Gasteiger partial charge in [-0.25, -0.2) is 0 Å². The predicted molar refractivity (Wildman–Crippen MR) is 40.6 cm³/mol. The molecule has 0 radical (unpaired) electrons. The Bertz CT molecular complexity index is 261. The first kappa shape index (κ1) is 7.47. The normalized spacial score (nSPS) is 17.1. The zero-order valence-electron chi connectivity index (χ0n) is 5.78. The van der Waals surface area contributed by atoms with E-state index in [0.717, 1.165) is 0 Å². The number of hydrogen-bond donors (Lipinski definition) is 1. The maximum absolute atomic E-state index is 10.8. The highest BCUT2D eigenvalue weighted by atomic mass is 16.2. The van der Waals surface area contributed by atoms with Crippen molar-refractivity contribution in [3.8, 4) is 0 Å². The first-order chi connectivity index (χ1) is 5.30. The van der Waals surface area contributed by atoms with Crippen LogP contribution in [0.4, 0.5) is 0 Å². The van der Waals surface area contributed by atoms with Gasteiger partial charge < -0.3 is 5.32 Å². The van der Waals surface area contributed by atoms with E-state index in [0.29, 0.717) is 0 Å². The van der Waals surface area contributed by atoms with Crippen LogP contribution in [0, 0.1) is 0 Å². The molecule has 1 N–H and O–H groups in total. The molecule has 56 valence electrons. The van der Waals surface area contributed by atoms with Gasteiger partial charge in [-0.3, -0.25) is 9.59 Å². The van der Waals surface area contributed by atoms with Crippen molar-refractivity contribution in [2.75, 3.05) is 0 Å². The van der Waals surface area contributed by atoms with Crippen LogP contribution in [0.25, 0.3) is 0 Å². The molecule has 0 saturated carbocycles. The van der Waals surface area contributed by atoms with E-state index in [-0.39, 0.29) is 0 Å². The second-order valence-corrected chi connectivity index (χ2v) is 1.94. The Balaban J connectivity index is 2.81. The van der Waals surface area contributed by atoms with E-state index in [1.54, 1.807) is 18.2 Å². The van der Waals surface area contributed by atoms with Gasteiger partial charge in [-0.15, -0.1) is 0 Å². The van der Waals surface area contributed by atoms with Crippen LogP contribution in [0.15, 0.2) is 36.6 Å². The smallest absolute Gasteiger partial charge is 0.295 e. The third kappa shape index (κ3) is 2.21. The largest absolute Gasteiger partial charge is 0.326 e. The van der Waals surface area contributed by atoms with Crippen LogP contribution in [0.5, 0.6) is 0 Å². The summed E-state index contributed by atoms with van der Waals surface area (Å²) < 4.78 is 0. The van der Waals surface area contributed by atoms with E-state index in [9.17, 15) is 9.59 Å². The molecule has 1 aliphatic heterocycles. The van der Waals surface area contributed by atoms with Crippen molar-refractivity contribution in [3.05, 3.63) is 36.6 Å². The molecule has 0 aliphatic carbocycles. The fourth-order valence-electron chi connectivity index (χ4n) is 0.597. The van der Waals surface area contributed by atoms with Crippen LogP contribution in [-0.4, -0.2) is 11.7 Å². The van der Waals surface area contributed by atoms with E-state index in [2.05, 4.69) is 5.32 Å². The summed E-state index contributed by atoms with van der Waals surface area (Å²) in [5, 5.41) is 2.30. The van der Waals surface area contributed by atoms with E-state index in [1.165, 1.54) is 18.4 Å². The van der Waals surface area contributed by atoms with Gasteiger partial charge in [0.1, 0.15) is 0 Å². The average Bonchev–Trinajstić information content (AvgIpc) is 2.07. The van der Waals surface area contributed by atoms with Gasteiger partial charge >= 0.3 is 0 Å². The lowest BCUT2D eigenvalue weighted by Crippen LogP contribution is -2.24. The molecule has 0 bridgehead atoms. The summed E-state index contributed by atoms with van der Waals surface area (Å²) in [6, 6.07) is 0. The lowest BCUT2D eigenvalue weighted by Gasteiger charge is -1.91. The summed E-state index contributed by atoms with van der Waals surface area (Å²) in [7, 11) is 0. The van der Waals surface area contributed by atoms with Crippen LogP contribution in [0.2, 0.25) is 0 Å². The van der Waals surface area contributed by atoms with Gasteiger partial charge in [-0.1, -0.05) is 18.2 Å². The fourth-order valence-corrected chi connectivity index (χ4v) is 0.597. The lowest BCUT2D eigenvalue weighted by atomic mass is 10.3. The van der Waals surface area contributed by atoms with Crippen LogP contribution in [-0.2, 0) is 9.59 Å². The first-order valence-corrected chi connectivity index (χ1v) is 3.15. The number of hydrogen-bond acceptors (Lipinski definition) is 2. The second kappa shape index (κ2) is 3.51. The van der Waals surface area contributed by atoms with Gasteiger partial charge in [-0.2, -0.15) is 0 Å².